The van der Waals surface area contributed by atoms with Crippen molar-refractivity contribution in [3.05, 3.63) is 30.5 Å². The third kappa shape index (κ3) is 2.52. The van der Waals surface area contributed by atoms with Crippen LogP contribution in [0.4, 0.5) is 5.95 Å². The number of hydrogen-bond donors (Lipinski definition) is 1. The van der Waals surface area contributed by atoms with Crippen LogP contribution in [0.15, 0.2) is 30.5 Å². The zero-order chi connectivity index (χ0) is 11.5. The number of rotatable bonds is 3. The topological polar surface area (TPSA) is 37.8 Å². The van der Waals surface area contributed by atoms with Gasteiger partial charge < -0.3 is 5.32 Å². The smallest absolute Gasteiger partial charge is 0.223 e. The van der Waals surface area contributed by atoms with Crippen molar-refractivity contribution < 1.29 is 0 Å². The Bertz CT molecular complexity index is 509. The third-order valence-electron chi connectivity index (χ3n) is 3.00. The Labute approximate surface area is 105 Å². The van der Waals surface area contributed by atoms with E-state index in [1.54, 1.807) is 0 Å². The van der Waals surface area contributed by atoms with Crippen molar-refractivity contribution in [2.75, 3.05) is 17.6 Å². The monoisotopic (exact) mass is 245 g/mol. The van der Waals surface area contributed by atoms with E-state index in [2.05, 4.69) is 15.3 Å². The van der Waals surface area contributed by atoms with Crippen LogP contribution >= 0.6 is 11.8 Å². The lowest BCUT2D eigenvalue weighted by Gasteiger charge is -2.10. The molecule has 0 saturated carbocycles. The largest absolute Gasteiger partial charge is 0.353 e. The number of hydrogen-bond acceptors (Lipinski definition) is 4. The molecule has 2 aromatic rings. The van der Waals surface area contributed by atoms with Crippen LogP contribution in [-0.4, -0.2) is 27.5 Å². The second-order valence-electron chi connectivity index (χ2n) is 4.27. The van der Waals surface area contributed by atoms with Gasteiger partial charge in [-0.05, 0) is 24.7 Å². The van der Waals surface area contributed by atoms with Crippen LogP contribution in [0, 0.1) is 0 Å². The summed E-state index contributed by atoms with van der Waals surface area (Å²) in [5.41, 5.74) is 1.00. The summed E-state index contributed by atoms with van der Waals surface area (Å²) in [4.78, 5) is 8.84. The minimum absolute atomic E-state index is 0.727. The molecule has 1 aromatic carbocycles. The van der Waals surface area contributed by atoms with Crippen molar-refractivity contribution in [3.8, 4) is 0 Å². The molecule has 1 atom stereocenters. The first-order valence-electron chi connectivity index (χ1n) is 5.99. The van der Waals surface area contributed by atoms with E-state index in [0.29, 0.717) is 0 Å². The van der Waals surface area contributed by atoms with Crippen LogP contribution in [0.2, 0.25) is 0 Å². The van der Waals surface area contributed by atoms with Crippen molar-refractivity contribution in [2.24, 2.45) is 0 Å². The Morgan fingerprint density at radius 2 is 2.29 bits per heavy atom. The van der Waals surface area contributed by atoms with Crippen molar-refractivity contribution in [1.82, 2.24) is 9.97 Å². The summed E-state index contributed by atoms with van der Waals surface area (Å²) < 4.78 is 0. The second kappa shape index (κ2) is 4.92. The summed E-state index contributed by atoms with van der Waals surface area (Å²) in [6.45, 7) is 0.975. The lowest BCUT2D eigenvalue weighted by Crippen LogP contribution is -2.15. The molecule has 1 aliphatic rings. The maximum Gasteiger partial charge on any atom is 0.223 e. The zero-order valence-corrected chi connectivity index (χ0v) is 10.4. The maximum absolute atomic E-state index is 4.50. The van der Waals surface area contributed by atoms with Gasteiger partial charge in [0.15, 0.2) is 0 Å². The molecule has 1 saturated heterocycles. The third-order valence-corrected chi connectivity index (χ3v) is 4.40. The second-order valence-corrected chi connectivity index (χ2v) is 5.68. The van der Waals surface area contributed by atoms with Gasteiger partial charge in [0, 0.05) is 23.4 Å². The zero-order valence-electron chi connectivity index (χ0n) is 9.60. The summed E-state index contributed by atoms with van der Waals surface area (Å²) in [5.74, 6) is 2.04. The fourth-order valence-electron chi connectivity index (χ4n) is 2.07. The molecular formula is C13H15N3S. The number of aromatic nitrogens is 2. The summed E-state index contributed by atoms with van der Waals surface area (Å²) in [6.07, 6.45) is 4.54. The number of para-hydroxylation sites is 1. The van der Waals surface area contributed by atoms with Crippen LogP contribution in [0.1, 0.15) is 12.8 Å². The molecule has 0 radical (unpaired) electrons. The van der Waals surface area contributed by atoms with Crippen LogP contribution in [-0.2, 0) is 0 Å². The molecule has 88 valence electrons. The maximum atomic E-state index is 4.50. The van der Waals surface area contributed by atoms with Gasteiger partial charge in [0.05, 0.1) is 5.52 Å². The van der Waals surface area contributed by atoms with Crippen molar-refractivity contribution >= 4 is 28.6 Å². The summed E-state index contributed by atoms with van der Waals surface area (Å²) in [6, 6.07) is 8.07. The number of anilines is 1. The molecule has 0 amide bonds. The first-order valence-corrected chi connectivity index (χ1v) is 7.04. The predicted octanol–water partition coefficient (Wildman–Crippen LogP) is 2.94. The quantitative estimate of drug-likeness (QED) is 0.902. The molecule has 0 bridgehead atoms. The molecule has 17 heavy (non-hydrogen) atoms. The van der Waals surface area contributed by atoms with E-state index in [1.807, 2.05) is 42.2 Å². The highest BCUT2D eigenvalue weighted by Crippen LogP contribution is 2.26. The predicted molar refractivity (Wildman–Crippen MR) is 73.5 cm³/mol. The highest BCUT2D eigenvalue weighted by Gasteiger charge is 2.15. The Morgan fingerprint density at radius 3 is 3.18 bits per heavy atom. The highest BCUT2D eigenvalue weighted by atomic mass is 32.2. The molecule has 0 spiro atoms. The normalized spacial score (nSPS) is 19.6. The molecule has 1 fully saturated rings. The Hall–Kier alpha value is -1.29. The summed E-state index contributed by atoms with van der Waals surface area (Å²) in [7, 11) is 0. The van der Waals surface area contributed by atoms with E-state index < -0.39 is 0 Å². The van der Waals surface area contributed by atoms with Crippen LogP contribution in [0.5, 0.6) is 0 Å². The SMILES string of the molecule is c1ccc2nc(NCC3CCCS3)ncc2c1. The number of fused-ring (bicyclic) bond motifs is 1. The first-order chi connectivity index (χ1) is 8.42. The van der Waals surface area contributed by atoms with Crippen LogP contribution in [0.25, 0.3) is 10.9 Å². The molecule has 0 aliphatic carbocycles. The van der Waals surface area contributed by atoms with Crippen LogP contribution in [0.3, 0.4) is 0 Å². The Balaban J connectivity index is 1.72. The number of benzene rings is 1. The van der Waals surface area contributed by atoms with Crippen LogP contribution < -0.4 is 5.32 Å². The average molecular weight is 245 g/mol. The lowest BCUT2D eigenvalue weighted by atomic mass is 10.2. The average Bonchev–Trinajstić information content (AvgIpc) is 2.89. The van der Waals surface area contributed by atoms with Gasteiger partial charge in [-0.1, -0.05) is 18.2 Å². The molecule has 1 unspecified atom stereocenters. The van der Waals surface area contributed by atoms with E-state index in [-0.39, 0.29) is 0 Å². The molecule has 4 heteroatoms. The highest BCUT2D eigenvalue weighted by molar-refractivity contribution is 8.00. The summed E-state index contributed by atoms with van der Waals surface area (Å²) >= 11 is 2.05. The molecule has 3 nitrogen and oxygen atoms in total. The molecule has 1 aliphatic heterocycles. The fraction of sp³-hybridized carbons (Fsp3) is 0.385. The van der Waals surface area contributed by atoms with Gasteiger partial charge in [0.2, 0.25) is 5.95 Å². The van der Waals surface area contributed by atoms with Gasteiger partial charge >= 0.3 is 0 Å². The minimum atomic E-state index is 0.727. The lowest BCUT2D eigenvalue weighted by molar-refractivity contribution is 0.801. The number of thioether (sulfide) groups is 1. The van der Waals surface area contributed by atoms with E-state index in [1.165, 1.54) is 18.6 Å². The summed E-state index contributed by atoms with van der Waals surface area (Å²) in [5, 5.41) is 5.15. The Morgan fingerprint density at radius 1 is 1.35 bits per heavy atom. The van der Waals surface area contributed by atoms with E-state index in [0.717, 1.165) is 28.6 Å². The first kappa shape index (κ1) is 10.8. The van der Waals surface area contributed by atoms with Gasteiger partial charge in [-0.25, -0.2) is 9.97 Å². The van der Waals surface area contributed by atoms with Gasteiger partial charge in [0.25, 0.3) is 0 Å². The fourth-order valence-corrected chi connectivity index (χ4v) is 3.27. The number of nitrogens with zero attached hydrogens (tertiary/aromatic N) is 2. The van der Waals surface area contributed by atoms with Gasteiger partial charge in [-0.2, -0.15) is 11.8 Å². The minimum Gasteiger partial charge on any atom is -0.353 e. The van der Waals surface area contributed by atoms with Gasteiger partial charge in [-0.3, -0.25) is 0 Å². The molecule has 3 rings (SSSR count). The number of nitrogens with one attached hydrogen (secondary N) is 1. The molecule has 1 N–H and O–H groups in total. The van der Waals surface area contributed by atoms with Gasteiger partial charge in [-0.15, -0.1) is 0 Å². The molecule has 2 heterocycles. The van der Waals surface area contributed by atoms with Gasteiger partial charge in [0.1, 0.15) is 0 Å². The van der Waals surface area contributed by atoms with E-state index in [9.17, 15) is 0 Å². The standard InChI is InChI=1S/C13H15N3S/c1-2-6-12-10(4-1)8-14-13(16-12)15-9-11-5-3-7-17-11/h1-2,4,6,8,11H,3,5,7,9H2,(H,14,15,16). The molecular weight excluding hydrogens is 230 g/mol. The van der Waals surface area contributed by atoms with Crippen molar-refractivity contribution in [1.29, 1.82) is 0 Å². The van der Waals surface area contributed by atoms with E-state index >= 15 is 0 Å². The molecule has 1 aromatic heterocycles. The Kier molecular flexibility index (Phi) is 3.14. The van der Waals surface area contributed by atoms with Crippen molar-refractivity contribution in [2.45, 2.75) is 18.1 Å². The van der Waals surface area contributed by atoms with E-state index in [4.69, 9.17) is 0 Å². The van der Waals surface area contributed by atoms with Crippen molar-refractivity contribution in [3.63, 3.8) is 0 Å².